The molecule has 0 saturated heterocycles. The van der Waals surface area contributed by atoms with Gasteiger partial charge in [0, 0.05) is 5.02 Å². The lowest BCUT2D eigenvalue weighted by molar-refractivity contribution is 0.766. The molecule has 3 nitrogen and oxygen atoms in total. The predicted octanol–water partition coefficient (Wildman–Crippen LogP) is 4.54. The summed E-state index contributed by atoms with van der Waals surface area (Å²) in [5.74, 6) is 0. The zero-order valence-electron chi connectivity index (χ0n) is 11.6. The Morgan fingerprint density at radius 3 is 2.55 bits per heavy atom. The molecule has 0 bridgehead atoms. The zero-order valence-corrected chi connectivity index (χ0v) is 12.3. The Morgan fingerprint density at radius 1 is 0.864 bits per heavy atom. The van der Waals surface area contributed by atoms with E-state index in [0.717, 1.165) is 27.8 Å². The number of benzene rings is 3. The van der Waals surface area contributed by atoms with Crippen molar-refractivity contribution in [2.75, 3.05) is 0 Å². The number of fused-ring (bicyclic) bond motifs is 1. The monoisotopic (exact) mass is 304 g/mol. The first-order valence-electron chi connectivity index (χ1n) is 6.90. The second-order valence-corrected chi connectivity index (χ2v) is 5.39. The quantitative estimate of drug-likeness (QED) is 0.544. The van der Waals surface area contributed by atoms with Crippen LogP contribution in [0.15, 0.2) is 66.7 Å². The lowest BCUT2D eigenvalue weighted by atomic mass is 10.1. The third-order valence-corrected chi connectivity index (χ3v) is 3.68. The van der Waals surface area contributed by atoms with Gasteiger partial charge < -0.3 is 0 Å². The van der Waals surface area contributed by atoms with Crippen molar-refractivity contribution in [3.05, 3.63) is 77.8 Å². The maximum Gasteiger partial charge on any atom is 0.115 e. The van der Waals surface area contributed by atoms with Crippen LogP contribution in [0.4, 0.5) is 0 Å². The minimum Gasteiger partial charge on any atom is -0.150 e. The Balaban J connectivity index is 1.81. The van der Waals surface area contributed by atoms with E-state index in [1.807, 2.05) is 54.6 Å². The lowest BCUT2D eigenvalue weighted by Crippen LogP contribution is -1.98. The summed E-state index contributed by atoms with van der Waals surface area (Å²) in [4.78, 5) is 1.63. The van der Waals surface area contributed by atoms with Gasteiger partial charge in [-0.25, -0.2) is 0 Å². The second-order valence-electron chi connectivity index (χ2n) is 4.95. The van der Waals surface area contributed by atoms with Gasteiger partial charge in [-0.1, -0.05) is 48.0 Å². The molecular formula is C18H11ClN3. The normalized spacial score (nSPS) is 11.0. The molecule has 105 valence electrons. The summed E-state index contributed by atoms with van der Waals surface area (Å²) in [5, 5.41) is 9.64. The van der Waals surface area contributed by atoms with Gasteiger partial charge in [0.2, 0.25) is 0 Å². The van der Waals surface area contributed by atoms with Crippen molar-refractivity contribution >= 4 is 22.6 Å². The molecule has 0 saturated carbocycles. The van der Waals surface area contributed by atoms with E-state index in [2.05, 4.69) is 28.4 Å². The number of hydrogen-bond acceptors (Lipinski definition) is 2. The number of nitrogens with zero attached hydrogens (tertiary/aromatic N) is 3. The Kier molecular flexibility index (Phi) is 3.13. The van der Waals surface area contributed by atoms with Gasteiger partial charge in [-0.15, -0.1) is 10.2 Å². The van der Waals surface area contributed by atoms with Crippen LogP contribution in [0.1, 0.15) is 0 Å². The summed E-state index contributed by atoms with van der Waals surface area (Å²) < 4.78 is 0. The Hall–Kier alpha value is -2.65. The van der Waals surface area contributed by atoms with E-state index in [1.54, 1.807) is 4.80 Å². The topological polar surface area (TPSA) is 30.7 Å². The molecule has 4 aromatic rings. The number of aromatic nitrogens is 3. The molecule has 0 aliphatic carbocycles. The molecule has 4 heteroatoms. The van der Waals surface area contributed by atoms with Crippen LogP contribution in [0.5, 0.6) is 0 Å². The van der Waals surface area contributed by atoms with Crippen molar-refractivity contribution in [1.82, 2.24) is 15.0 Å². The Bertz CT molecular complexity index is 945. The first-order chi connectivity index (χ1) is 10.8. The van der Waals surface area contributed by atoms with Crippen molar-refractivity contribution in [3.8, 4) is 16.8 Å². The number of halogens is 1. The highest BCUT2D eigenvalue weighted by Crippen LogP contribution is 2.22. The molecule has 0 unspecified atom stereocenters. The lowest BCUT2D eigenvalue weighted by Gasteiger charge is -2.04. The first kappa shape index (κ1) is 13.0. The van der Waals surface area contributed by atoms with Gasteiger partial charge >= 0.3 is 0 Å². The van der Waals surface area contributed by atoms with Crippen LogP contribution < -0.4 is 0 Å². The molecule has 0 atom stereocenters. The van der Waals surface area contributed by atoms with Gasteiger partial charge in [0.15, 0.2) is 0 Å². The molecule has 0 amide bonds. The average Bonchev–Trinajstić information content (AvgIpc) is 2.99. The molecule has 22 heavy (non-hydrogen) atoms. The maximum absolute atomic E-state index is 6.00. The minimum absolute atomic E-state index is 0.658. The molecule has 4 rings (SSSR count). The van der Waals surface area contributed by atoms with E-state index in [0.29, 0.717) is 5.02 Å². The van der Waals surface area contributed by atoms with Gasteiger partial charge in [0.25, 0.3) is 0 Å². The van der Waals surface area contributed by atoms with Crippen LogP contribution in [0.2, 0.25) is 5.02 Å². The van der Waals surface area contributed by atoms with Gasteiger partial charge in [-0.05, 0) is 47.5 Å². The summed E-state index contributed by atoms with van der Waals surface area (Å²) in [6.45, 7) is 0. The van der Waals surface area contributed by atoms with E-state index in [4.69, 9.17) is 11.6 Å². The summed E-state index contributed by atoms with van der Waals surface area (Å²) in [5.41, 5.74) is 4.62. The third kappa shape index (κ3) is 2.36. The van der Waals surface area contributed by atoms with Crippen LogP contribution in [0, 0.1) is 6.07 Å². The second kappa shape index (κ2) is 5.28. The fourth-order valence-corrected chi connectivity index (χ4v) is 2.53. The van der Waals surface area contributed by atoms with Crippen molar-refractivity contribution in [2.24, 2.45) is 0 Å². The fourth-order valence-electron chi connectivity index (χ4n) is 2.37. The highest BCUT2D eigenvalue weighted by atomic mass is 35.5. The van der Waals surface area contributed by atoms with E-state index in [1.165, 1.54) is 0 Å². The van der Waals surface area contributed by atoms with Crippen LogP contribution in [-0.4, -0.2) is 15.0 Å². The average molecular weight is 305 g/mol. The molecule has 0 N–H and O–H groups in total. The molecule has 0 fully saturated rings. The smallest absolute Gasteiger partial charge is 0.115 e. The maximum atomic E-state index is 6.00. The van der Waals surface area contributed by atoms with Gasteiger partial charge in [0.05, 0.1) is 5.69 Å². The summed E-state index contributed by atoms with van der Waals surface area (Å²) in [6.07, 6.45) is 0. The SMILES string of the molecule is Clc1ccc2nn(-c3cc[c]c(-c4ccccc4)c3)nc2c1. The van der Waals surface area contributed by atoms with Crippen LogP contribution in [0.25, 0.3) is 27.8 Å². The summed E-state index contributed by atoms with van der Waals surface area (Å²) in [7, 11) is 0. The Morgan fingerprint density at radius 2 is 1.68 bits per heavy atom. The standard InChI is InChI=1S/C18H11ClN3/c19-15-9-10-17-18(12-15)21-22(20-17)16-8-4-7-14(11-16)13-5-2-1-3-6-13/h1-6,8-12H. The van der Waals surface area contributed by atoms with Crippen LogP contribution in [0.3, 0.4) is 0 Å². The zero-order chi connectivity index (χ0) is 14.9. The molecule has 0 spiro atoms. The van der Waals surface area contributed by atoms with Gasteiger partial charge in [-0.2, -0.15) is 4.80 Å². The largest absolute Gasteiger partial charge is 0.150 e. The van der Waals surface area contributed by atoms with E-state index in [-0.39, 0.29) is 0 Å². The number of rotatable bonds is 2. The highest BCUT2D eigenvalue weighted by molar-refractivity contribution is 6.31. The van der Waals surface area contributed by atoms with Crippen molar-refractivity contribution in [1.29, 1.82) is 0 Å². The molecule has 0 aliphatic heterocycles. The van der Waals surface area contributed by atoms with Crippen molar-refractivity contribution < 1.29 is 0 Å². The molecule has 1 aromatic heterocycles. The molecule has 0 aliphatic rings. The minimum atomic E-state index is 0.658. The van der Waals surface area contributed by atoms with Gasteiger partial charge in [0.1, 0.15) is 11.0 Å². The molecule has 3 aromatic carbocycles. The molecule has 1 heterocycles. The summed E-state index contributed by atoms with van der Waals surface area (Å²) >= 11 is 6.00. The predicted molar refractivity (Wildman–Crippen MR) is 88.1 cm³/mol. The summed E-state index contributed by atoms with van der Waals surface area (Å²) in [6, 6.07) is 24.7. The number of hydrogen-bond donors (Lipinski definition) is 0. The Labute approximate surface area is 132 Å². The van der Waals surface area contributed by atoms with Crippen LogP contribution in [-0.2, 0) is 0 Å². The van der Waals surface area contributed by atoms with Crippen molar-refractivity contribution in [2.45, 2.75) is 0 Å². The van der Waals surface area contributed by atoms with E-state index >= 15 is 0 Å². The van der Waals surface area contributed by atoms with E-state index < -0.39 is 0 Å². The molecular weight excluding hydrogens is 294 g/mol. The third-order valence-electron chi connectivity index (χ3n) is 3.44. The molecule has 1 radical (unpaired) electrons. The van der Waals surface area contributed by atoms with E-state index in [9.17, 15) is 0 Å². The fraction of sp³-hybridized carbons (Fsp3) is 0. The highest BCUT2D eigenvalue weighted by Gasteiger charge is 2.06. The first-order valence-corrected chi connectivity index (χ1v) is 7.27. The van der Waals surface area contributed by atoms with Crippen molar-refractivity contribution in [3.63, 3.8) is 0 Å². The van der Waals surface area contributed by atoms with Gasteiger partial charge in [-0.3, -0.25) is 0 Å². The van der Waals surface area contributed by atoms with Crippen LogP contribution >= 0.6 is 11.6 Å².